The van der Waals surface area contributed by atoms with Crippen molar-refractivity contribution in [2.45, 2.75) is 39.2 Å². The fraction of sp³-hybridized carbons (Fsp3) is 0.381. The SMILES string of the molecule is CC(C)c1cccc(NC(=S)Nc2cccc(CN3CCCC3)c2)c1. The van der Waals surface area contributed by atoms with Crippen LogP contribution in [-0.4, -0.2) is 23.1 Å². The fourth-order valence-corrected chi connectivity index (χ4v) is 3.45. The molecule has 1 heterocycles. The minimum absolute atomic E-state index is 0.505. The summed E-state index contributed by atoms with van der Waals surface area (Å²) in [6, 6.07) is 16.9. The van der Waals surface area contributed by atoms with E-state index in [-0.39, 0.29) is 0 Å². The van der Waals surface area contributed by atoms with Crippen LogP contribution < -0.4 is 10.6 Å². The molecule has 1 saturated heterocycles. The smallest absolute Gasteiger partial charge is 0.175 e. The highest BCUT2D eigenvalue weighted by molar-refractivity contribution is 7.80. The quantitative estimate of drug-likeness (QED) is 0.721. The van der Waals surface area contributed by atoms with Crippen molar-refractivity contribution in [1.29, 1.82) is 0 Å². The molecule has 1 fully saturated rings. The van der Waals surface area contributed by atoms with Crippen LogP contribution in [0.1, 0.15) is 43.7 Å². The third kappa shape index (κ3) is 5.28. The van der Waals surface area contributed by atoms with E-state index >= 15 is 0 Å². The first-order chi connectivity index (χ1) is 12.1. The van der Waals surface area contributed by atoms with Crippen molar-refractivity contribution in [2.24, 2.45) is 0 Å². The molecule has 3 rings (SSSR count). The minimum Gasteiger partial charge on any atom is -0.332 e. The molecule has 1 aliphatic heterocycles. The fourth-order valence-electron chi connectivity index (χ4n) is 3.22. The molecule has 3 nitrogen and oxygen atoms in total. The van der Waals surface area contributed by atoms with Crippen LogP contribution in [0.25, 0.3) is 0 Å². The van der Waals surface area contributed by atoms with Gasteiger partial charge in [0.25, 0.3) is 0 Å². The summed E-state index contributed by atoms with van der Waals surface area (Å²) in [7, 11) is 0. The summed E-state index contributed by atoms with van der Waals surface area (Å²) in [5.41, 5.74) is 4.70. The molecule has 4 heteroatoms. The Kier molecular flexibility index (Phi) is 6.05. The van der Waals surface area contributed by atoms with Crippen molar-refractivity contribution in [3.8, 4) is 0 Å². The highest BCUT2D eigenvalue weighted by atomic mass is 32.1. The zero-order valence-corrected chi connectivity index (χ0v) is 15.9. The van der Waals surface area contributed by atoms with Crippen molar-refractivity contribution in [3.63, 3.8) is 0 Å². The van der Waals surface area contributed by atoms with Gasteiger partial charge in [0.1, 0.15) is 0 Å². The van der Waals surface area contributed by atoms with Crippen molar-refractivity contribution in [2.75, 3.05) is 23.7 Å². The maximum Gasteiger partial charge on any atom is 0.175 e. The van der Waals surface area contributed by atoms with Gasteiger partial charge in [0.05, 0.1) is 0 Å². The second kappa shape index (κ2) is 8.45. The van der Waals surface area contributed by atoms with Gasteiger partial charge in [0.2, 0.25) is 0 Å². The van der Waals surface area contributed by atoms with Crippen molar-refractivity contribution in [3.05, 3.63) is 59.7 Å². The van der Waals surface area contributed by atoms with Crippen LogP contribution in [0.2, 0.25) is 0 Å². The zero-order chi connectivity index (χ0) is 17.6. The van der Waals surface area contributed by atoms with Crippen LogP contribution in [0.5, 0.6) is 0 Å². The van der Waals surface area contributed by atoms with Crippen molar-refractivity contribution < 1.29 is 0 Å². The Bertz CT molecular complexity index is 721. The second-order valence-electron chi connectivity index (χ2n) is 7.04. The second-order valence-corrected chi connectivity index (χ2v) is 7.45. The average molecular weight is 354 g/mol. The van der Waals surface area contributed by atoms with E-state index in [2.05, 4.69) is 71.8 Å². The molecule has 132 valence electrons. The number of rotatable bonds is 5. The first kappa shape index (κ1) is 17.9. The Hall–Kier alpha value is -1.91. The lowest BCUT2D eigenvalue weighted by Gasteiger charge is -2.16. The predicted molar refractivity (Wildman–Crippen MR) is 111 cm³/mol. The standard InChI is InChI=1S/C21H27N3S/c1-16(2)18-8-6-10-20(14-18)23-21(25)22-19-9-5-7-17(13-19)15-24-11-3-4-12-24/h5-10,13-14,16H,3-4,11-12,15H2,1-2H3,(H2,22,23,25). The van der Waals surface area contributed by atoms with E-state index in [1.807, 2.05) is 6.07 Å². The molecule has 25 heavy (non-hydrogen) atoms. The summed E-state index contributed by atoms with van der Waals surface area (Å²) in [5.74, 6) is 0.505. The Labute approximate surface area is 156 Å². The van der Waals surface area contributed by atoms with Gasteiger partial charge in [0.15, 0.2) is 5.11 Å². The summed E-state index contributed by atoms with van der Waals surface area (Å²) in [6.07, 6.45) is 2.64. The van der Waals surface area contributed by atoms with Gasteiger partial charge >= 0.3 is 0 Å². The van der Waals surface area contributed by atoms with Gasteiger partial charge in [-0.05, 0) is 79.5 Å². The van der Waals surface area contributed by atoms with Gasteiger partial charge in [-0.2, -0.15) is 0 Å². The molecule has 0 amide bonds. The molecule has 0 aliphatic carbocycles. The summed E-state index contributed by atoms with van der Waals surface area (Å²) in [4.78, 5) is 2.51. The van der Waals surface area contributed by atoms with E-state index in [1.54, 1.807) is 0 Å². The summed E-state index contributed by atoms with van der Waals surface area (Å²) < 4.78 is 0. The number of thiocarbonyl (C=S) groups is 1. The summed E-state index contributed by atoms with van der Waals surface area (Å²) in [6.45, 7) is 7.84. The number of likely N-dealkylation sites (tertiary alicyclic amines) is 1. The molecule has 2 aromatic carbocycles. The minimum atomic E-state index is 0.505. The van der Waals surface area contributed by atoms with Crippen LogP contribution in [0.4, 0.5) is 11.4 Å². The van der Waals surface area contributed by atoms with E-state index in [4.69, 9.17) is 12.2 Å². The molecular weight excluding hydrogens is 326 g/mol. The predicted octanol–water partition coefficient (Wildman–Crippen LogP) is 5.21. The number of nitrogens with zero attached hydrogens (tertiary/aromatic N) is 1. The Morgan fingerprint density at radius 1 is 1.00 bits per heavy atom. The largest absolute Gasteiger partial charge is 0.332 e. The van der Waals surface area contributed by atoms with E-state index in [0.29, 0.717) is 11.0 Å². The molecule has 2 aromatic rings. The molecule has 0 bridgehead atoms. The Morgan fingerprint density at radius 2 is 1.64 bits per heavy atom. The molecule has 0 unspecified atom stereocenters. The summed E-state index contributed by atoms with van der Waals surface area (Å²) >= 11 is 5.48. The highest BCUT2D eigenvalue weighted by Crippen LogP contribution is 2.19. The molecule has 2 N–H and O–H groups in total. The third-order valence-electron chi connectivity index (χ3n) is 4.60. The monoisotopic (exact) mass is 353 g/mol. The number of nitrogens with one attached hydrogen (secondary N) is 2. The van der Waals surface area contributed by atoms with Crippen LogP contribution in [-0.2, 0) is 6.54 Å². The van der Waals surface area contributed by atoms with Gasteiger partial charge in [-0.25, -0.2) is 0 Å². The molecule has 0 aromatic heterocycles. The maximum absolute atomic E-state index is 5.48. The average Bonchev–Trinajstić information content (AvgIpc) is 3.08. The lowest BCUT2D eigenvalue weighted by atomic mass is 10.0. The van der Waals surface area contributed by atoms with E-state index in [0.717, 1.165) is 17.9 Å². The number of benzene rings is 2. The van der Waals surface area contributed by atoms with E-state index in [9.17, 15) is 0 Å². The van der Waals surface area contributed by atoms with Gasteiger partial charge in [0, 0.05) is 17.9 Å². The number of anilines is 2. The molecular formula is C21H27N3S. The van der Waals surface area contributed by atoms with Crippen molar-refractivity contribution >= 4 is 28.7 Å². The van der Waals surface area contributed by atoms with E-state index in [1.165, 1.54) is 37.1 Å². The maximum atomic E-state index is 5.48. The van der Waals surface area contributed by atoms with Crippen LogP contribution in [0.15, 0.2) is 48.5 Å². The normalized spacial score (nSPS) is 14.7. The molecule has 0 spiro atoms. The topological polar surface area (TPSA) is 27.3 Å². The molecule has 0 atom stereocenters. The Morgan fingerprint density at radius 3 is 2.32 bits per heavy atom. The number of hydrogen-bond donors (Lipinski definition) is 2. The molecule has 0 saturated carbocycles. The van der Waals surface area contributed by atoms with Crippen LogP contribution in [0.3, 0.4) is 0 Å². The lowest BCUT2D eigenvalue weighted by Crippen LogP contribution is -2.20. The Balaban J connectivity index is 1.59. The van der Waals surface area contributed by atoms with E-state index < -0.39 is 0 Å². The van der Waals surface area contributed by atoms with Crippen LogP contribution >= 0.6 is 12.2 Å². The first-order valence-corrected chi connectivity index (χ1v) is 9.50. The van der Waals surface area contributed by atoms with Gasteiger partial charge in [-0.15, -0.1) is 0 Å². The molecule has 1 aliphatic rings. The molecule has 0 radical (unpaired) electrons. The first-order valence-electron chi connectivity index (χ1n) is 9.09. The van der Waals surface area contributed by atoms with Crippen LogP contribution in [0, 0.1) is 0 Å². The summed E-state index contributed by atoms with van der Waals surface area (Å²) in [5, 5.41) is 7.22. The van der Waals surface area contributed by atoms with Crippen molar-refractivity contribution in [1.82, 2.24) is 4.90 Å². The zero-order valence-electron chi connectivity index (χ0n) is 15.1. The highest BCUT2D eigenvalue weighted by Gasteiger charge is 2.12. The van der Waals surface area contributed by atoms with Gasteiger partial charge in [-0.3, -0.25) is 4.90 Å². The van der Waals surface area contributed by atoms with Gasteiger partial charge in [-0.1, -0.05) is 38.1 Å². The third-order valence-corrected chi connectivity index (χ3v) is 4.81. The van der Waals surface area contributed by atoms with Gasteiger partial charge < -0.3 is 10.6 Å². The number of hydrogen-bond acceptors (Lipinski definition) is 2. The lowest BCUT2D eigenvalue weighted by molar-refractivity contribution is 0.331.